The predicted octanol–water partition coefficient (Wildman–Crippen LogP) is 6.37. The fraction of sp³-hybridized carbons (Fsp3) is 0.172. The maximum absolute atomic E-state index is 12.7. The molecular weight excluding hydrogens is 528 g/mol. The lowest BCUT2D eigenvalue weighted by atomic mass is 10.1. The Hall–Kier alpha value is -4.90. The molecular formula is C29H26N6O4S. The first kappa shape index (κ1) is 26.7. The maximum Gasteiger partial charge on any atom is 0.293 e. The molecule has 0 aliphatic heterocycles. The zero-order valence-electron chi connectivity index (χ0n) is 21.9. The molecule has 0 spiro atoms. The molecule has 2 N–H and O–H groups in total. The van der Waals surface area contributed by atoms with Crippen LogP contribution in [0.1, 0.15) is 41.4 Å². The quantitative estimate of drug-likeness (QED) is 0.129. The van der Waals surface area contributed by atoms with E-state index in [4.69, 9.17) is 16.6 Å². The number of carbonyl (C=O) groups is 1. The van der Waals surface area contributed by atoms with Crippen LogP contribution in [0.15, 0.2) is 77.2 Å². The maximum atomic E-state index is 12.7. The van der Waals surface area contributed by atoms with Crippen LogP contribution in [0.2, 0.25) is 0 Å². The molecule has 0 fully saturated rings. The number of anilines is 1. The lowest BCUT2D eigenvalue weighted by Crippen LogP contribution is -2.34. The third kappa shape index (κ3) is 5.89. The Balaban J connectivity index is 1.26. The summed E-state index contributed by atoms with van der Waals surface area (Å²) in [6.45, 7) is 4.09. The largest absolute Gasteiger partial charge is 0.451 e. The monoisotopic (exact) mass is 554 g/mol. The predicted molar refractivity (Wildman–Crippen MR) is 157 cm³/mol. The van der Waals surface area contributed by atoms with Crippen molar-refractivity contribution in [2.75, 3.05) is 5.32 Å². The number of furan rings is 1. The lowest BCUT2D eigenvalue weighted by molar-refractivity contribution is -0.384. The molecule has 0 unspecified atom stereocenters. The highest BCUT2D eigenvalue weighted by atomic mass is 32.1. The summed E-state index contributed by atoms with van der Waals surface area (Å²) >= 11 is 5.36. The number of non-ortho nitro benzene ring substituents is 1. The number of benzene rings is 3. The van der Waals surface area contributed by atoms with Gasteiger partial charge in [-0.3, -0.25) is 20.2 Å². The summed E-state index contributed by atoms with van der Waals surface area (Å²) in [4.78, 5) is 24.9. The van der Waals surface area contributed by atoms with E-state index < -0.39 is 10.8 Å². The topological polar surface area (TPSA) is 128 Å². The highest BCUT2D eigenvalue weighted by molar-refractivity contribution is 7.80. The first-order chi connectivity index (χ1) is 19.3. The van der Waals surface area contributed by atoms with Gasteiger partial charge in [-0.1, -0.05) is 37.6 Å². The molecule has 0 aliphatic rings. The fourth-order valence-corrected chi connectivity index (χ4v) is 4.40. The second-order valence-electron chi connectivity index (χ2n) is 9.29. The molecule has 2 aromatic heterocycles. The number of nitrogens with zero attached hydrogens (tertiary/aromatic N) is 4. The van der Waals surface area contributed by atoms with Gasteiger partial charge in [-0.15, -0.1) is 10.2 Å². The van der Waals surface area contributed by atoms with E-state index in [0.29, 0.717) is 22.5 Å². The molecule has 5 rings (SSSR count). The Morgan fingerprint density at radius 3 is 2.52 bits per heavy atom. The minimum atomic E-state index is -0.554. The van der Waals surface area contributed by atoms with Gasteiger partial charge in [0.1, 0.15) is 16.8 Å². The van der Waals surface area contributed by atoms with Crippen molar-refractivity contribution < 1.29 is 14.1 Å². The summed E-state index contributed by atoms with van der Waals surface area (Å²) in [6.07, 6.45) is 3.36. The van der Waals surface area contributed by atoms with Crippen LogP contribution >= 0.6 is 12.2 Å². The second kappa shape index (κ2) is 11.5. The molecule has 0 aliphatic carbocycles. The van der Waals surface area contributed by atoms with Crippen LogP contribution in [0.5, 0.6) is 0 Å². The summed E-state index contributed by atoms with van der Waals surface area (Å²) in [5.74, 6) is -0.213. The lowest BCUT2D eigenvalue weighted by Gasteiger charge is -2.10. The van der Waals surface area contributed by atoms with Crippen molar-refractivity contribution in [1.29, 1.82) is 0 Å². The van der Waals surface area contributed by atoms with E-state index in [9.17, 15) is 14.9 Å². The average Bonchev–Trinajstić information content (AvgIpc) is 3.60. The minimum absolute atomic E-state index is 0.0153. The number of thiocarbonyl (C=S) groups is 1. The molecule has 5 aromatic rings. The number of hydrogen-bond donors (Lipinski definition) is 2. The smallest absolute Gasteiger partial charge is 0.293 e. The van der Waals surface area contributed by atoms with Crippen LogP contribution < -0.4 is 10.6 Å². The zero-order valence-corrected chi connectivity index (χ0v) is 22.7. The highest BCUT2D eigenvalue weighted by Gasteiger charge is 2.16. The summed E-state index contributed by atoms with van der Waals surface area (Å²) in [5, 5.41) is 26.0. The number of nitro groups is 1. The standard InChI is InChI=1S/C29H26N6O4S/c1-3-4-6-19-9-11-21(12-10-19)34-32-24-15-18(2)23(17-25(24)33-34)30-29(40)31-28(36)27-14-13-26(39-27)20-7-5-8-22(16-20)35(37)38/h5,7-17H,3-4,6H2,1-2H3,(H2,30,31,36,40). The SMILES string of the molecule is CCCCc1ccc(-n2nc3cc(C)c(NC(=S)NC(=O)c4ccc(-c5cccc([N+](=O)[O-])c5)o4)cc3n2)cc1. The second-order valence-corrected chi connectivity index (χ2v) is 9.70. The summed E-state index contributed by atoms with van der Waals surface area (Å²) in [6, 6.07) is 21.0. The van der Waals surface area contributed by atoms with E-state index in [1.54, 1.807) is 23.0 Å². The Morgan fingerprint density at radius 2 is 1.80 bits per heavy atom. The third-order valence-electron chi connectivity index (χ3n) is 6.36. The van der Waals surface area contributed by atoms with Crippen LogP contribution in [0.4, 0.5) is 11.4 Å². The number of carbonyl (C=O) groups excluding carboxylic acids is 1. The van der Waals surface area contributed by atoms with Crippen molar-refractivity contribution >= 4 is 45.6 Å². The van der Waals surface area contributed by atoms with E-state index in [2.05, 4.69) is 39.9 Å². The van der Waals surface area contributed by atoms with Gasteiger partial charge in [-0.2, -0.15) is 4.80 Å². The molecule has 0 saturated heterocycles. The van der Waals surface area contributed by atoms with Gasteiger partial charge < -0.3 is 9.73 Å². The molecule has 0 radical (unpaired) electrons. The van der Waals surface area contributed by atoms with E-state index in [-0.39, 0.29) is 16.6 Å². The van der Waals surface area contributed by atoms with Gasteiger partial charge in [-0.05, 0) is 79.5 Å². The highest BCUT2D eigenvalue weighted by Crippen LogP contribution is 2.26. The van der Waals surface area contributed by atoms with Gasteiger partial charge in [0, 0.05) is 23.4 Å². The van der Waals surface area contributed by atoms with E-state index in [1.165, 1.54) is 23.8 Å². The van der Waals surface area contributed by atoms with E-state index in [1.807, 2.05) is 31.2 Å². The number of hydrogen-bond acceptors (Lipinski definition) is 7. The Labute approximate surface area is 235 Å². The van der Waals surface area contributed by atoms with Crippen molar-refractivity contribution in [2.24, 2.45) is 0 Å². The average molecular weight is 555 g/mol. The molecule has 11 heteroatoms. The molecule has 0 atom stereocenters. The molecule has 0 bridgehead atoms. The number of nitrogens with one attached hydrogen (secondary N) is 2. The molecule has 10 nitrogen and oxygen atoms in total. The van der Waals surface area contributed by atoms with E-state index >= 15 is 0 Å². The van der Waals surface area contributed by atoms with Gasteiger partial charge in [0.25, 0.3) is 11.6 Å². The molecule has 2 heterocycles. The Bertz CT molecular complexity index is 1720. The number of unbranched alkanes of at least 4 members (excludes halogenated alkanes) is 1. The Kier molecular flexibility index (Phi) is 7.65. The van der Waals surface area contributed by atoms with Gasteiger partial charge in [-0.25, -0.2) is 0 Å². The number of nitro benzene ring substituents is 1. The molecule has 202 valence electrons. The van der Waals surface area contributed by atoms with Crippen molar-refractivity contribution in [1.82, 2.24) is 20.3 Å². The number of aryl methyl sites for hydroxylation is 2. The van der Waals surface area contributed by atoms with Crippen LogP contribution in [-0.2, 0) is 6.42 Å². The fourth-order valence-electron chi connectivity index (χ4n) is 4.20. The number of fused-ring (bicyclic) bond motifs is 1. The first-order valence-corrected chi connectivity index (χ1v) is 13.2. The van der Waals surface area contributed by atoms with Crippen LogP contribution in [0.25, 0.3) is 28.0 Å². The van der Waals surface area contributed by atoms with Gasteiger partial charge in [0.2, 0.25) is 0 Å². The summed E-state index contributed by atoms with van der Waals surface area (Å²) in [7, 11) is 0. The normalized spacial score (nSPS) is 10.9. The number of rotatable bonds is 8. The van der Waals surface area contributed by atoms with Gasteiger partial charge in [0.15, 0.2) is 10.9 Å². The van der Waals surface area contributed by atoms with Crippen molar-refractivity contribution in [3.05, 3.63) is 99.8 Å². The van der Waals surface area contributed by atoms with Gasteiger partial charge in [0.05, 0.1) is 10.6 Å². The number of aromatic nitrogens is 3. The molecule has 1 amide bonds. The van der Waals surface area contributed by atoms with Gasteiger partial charge >= 0.3 is 0 Å². The molecule has 0 saturated carbocycles. The first-order valence-electron chi connectivity index (χ1n) is 12.7. The van der Waals surface area contributed by atoms with E-state index in [0.717, 1.165) is 36.0 Å². The van der Waals surface area contributed by atoms with Crippen molar-refractivity contribution in [3.63, 3.8) is 0 Å². The van der Waals surface area contributed by atoms with Crippen LogP contribution in [0.3, 0.4) is 0 Å². The molecule has 40 heavy (non-hydrogen) atoms. The molecule has 3 aromatic carbocycles. The van der Waals surface area contributed by atoms with Crippen molar-refractivity contribution in [3.8, 4) is 17.0 Å². The minimum Gasteiger partial charge on any atom is -0.451 e. The third-order valence-corrected chi connectivity index (χ3v) is 6.56. The number of amides is 1. The summed E-state index contributed by atoms with van der Waals surface area (Å²) < 4.78 is 5.63. The van der Waals surface area contributed by atoms with Crippen molar-refractivity contribution in [2.45, 2.75) is 33.1 Å². The summed E-state index contributed by atoms with van der Waals surface area (Å²) in [5.41, 5.74) is 5.52. The Morgan fingerprint density at radius 1 is 1.05 bits per heavy atom. The zero-order chi connectivity index (χ0) is 28.2. The van der Waals surface area contributed by atoms with Crippen LogP contribution in [0, 0.1) is 17.0 Å². The van der Waals surface area contributed by atoms with Crippen LogP contribution in [-0.4, -0.2) is 30.9 Å².